The van der Waals surface area contributed by atoms with E-state index in [2.05, 4.69) is 13.8 Å². The maximum Gasteiger partial charge on any atom is 0.102 e. The van der Waals surface area contributed by atoms with Crippen molar-refractivity contribution in [2.75, 3.05) is 0 Å². The first-order valence-corrected chi connectivity index (χ1v) is 4.86. The Morgan fingerprint density at radius 3 is 2.58 bits per heavy atom. The molecule has 1 aliphatic rings. The van der Waals surface area contributed by atoms with Crippen LogP contribution in [0.15, 0.2) is 11.9 Å². The molecule has 0 saturated heterocycles. The van der Waals surface area contributed by atoms with Crippen LogP contribution in [0.25, 0.3) is 0 Å². The maximum atomic E-state index is 13.5. The van der Waals surface area contributed by atoms with Gasteiger partial charge in [0.2, 0.25) is 0 Å². The van der Waals surface area contributed by atoms with Gasteiger partial charge in [-0.15, -0.1) is 0 Å². The van der Waals surface area contributed by atoms with Crippen LogP contribution in [0.1, 0.15) is 40.5 Å². The van der Waals surface area contributed by atoms with Crippen molar-refractivity contribution in [3.8, 4) is 0 Å². The predicted molar refractivity (Wildman–Crippen MR) is 50.5 cm³/mol. The Kier molecular flexibility index (Phi) is 2.60. The highest BCUT2D eigenvalue weighted by atomic mass is 19.1. The normalized spacial score (nSPS) is 34.6. The summed E-state index contributed by atoms with van der Waals surface area (Å²) in [5.41, 5.74) is -0.230. The molecule has 12 heavy (non-hydrogen) atoms. The molecule has 0 spiro atoms. The lowest BCUT2D eigenvalue weighted by atomic mass is 9.69. The minimum atomic E-state index is -0.230. The molecule has 0 N–H and O–H groups in total. The van der Waals surface area contributed by atoms with E-state index >= 15 is 0 Å². The third kappa shape index (κ3) is 1.55. The Labute approximate surface area is 74.9 Å². The fourth-order valence-corrected chi connectivity index (χ4v) is 1.76. The minimum Gasteiger partial charge on any atom is -0.212 e. The van der Waals surface area contributed by atoms with Gasteiger partial charge in [-0.1, -0.05) is 27.7 Å². The van der Waals surface area contributed by atoms with Gasteiger partial charge in [-0.05, 0) is 30.8 Å². The van der Waals surface area contributed by atoms with E-state index in [-0.39, 0.29) is 11.2 Å². The third-order valence-electron chi connectivity index (χ3n) is 3.41. The first-order chi connectivity index (χ1) is 5.48. The molecular weight excluding hydrogens is 151 g/mol. The van der Waals surface area contributed by atoms with E-state index in [4.69, 9.17) is 0 Å². The summed E-state index contributed by atoms with van der Waals surface area (Å²) in [5.74, 6) is 1.02. The lowest BCUT2D eigenvalue weighted by Gasteiger charge is -2.36. The van der Waals surface area contributed by atoms with Crippen molar-refractivity contribution in [2.45, 2.75) is 40.5 Å². The first kappa shape index (κ1) is 9.76. The summed E-state index contributed by atoms with van der Waals surface area (Å²) >= 11 is 0. The van der Waals surface area contributed by atoms with Crippen LogP contribution in [-0.2, 0) is 0 Å². The summed E-state index contributed by atoms with van der Waals surface area (Å²) in [4.78, 5) is 0. The second-order valence-electron chi connectivity index (χ2n) is 4.54. The van der Waals surface area contributed by atoms with E-state index in [1.165, 1.54) is 0 Å². The number of hydrogen-bond donors (Lipinski definition) is 0. The summed E-state index contributed by atoms with van der Waals surface area (Å²) in [6.45, 7) is 8.26. The molecule has 0 aromatic carbocycles. The summed E-state index contributed by atoms with van der Waals surface area (Å²) in [6.07, 6.45) is 4.02. The molecule has 0 aliphatic heterocycles. The van der Waals surface area contributed by atoms with Crippen LogP contribution < -0.4 is 0 Å². The zero-order valence-corrected chi connectivity index (χ0v) is 8.52. The SMILES string of the molecule is CCC1C=C(F)C(C)(C)C(C)C1. The molecule has 2 atom stereocenters. The Bertz CT molecular complexity index is 191. The summed E-state index contributed by atoms with van der Waals surface area (Å²) in [6, 6.07) is 0. The molecule has 0 aromatic heterocycles. The standard InChI is InChI=1S/C11H19F/c1-5-9-6-8(2)11(3,4)10(12)7-9/h7-9H,5-6H2,1-4H3. The van der Waals surface area contributed by atoms with Crippen molar-refractivity contribution in [1.29, 1.82) is 0 Å². The lowest BCUT2D eigenvalue weighted by Crippen LogP contribution is -2.28. The van der Waals surface area contributed by atoms with E-state index < -0.39 is 0 Å². The van der Waals surface area contributed by atoms with E-state index in [1.54, 1.807) is 0 Å². The minimum absolute atomic E-state index is 0.0908. The quantitative estimate of drug-likeness (QED) is 0.559. The molecule has 1 heteroatoms. The predicted octanol–water partition coefficient (Wildman–Crippen LogP) is 3.93. The highest BCUT2D eigenvalue weighted by molar-refractivity contribution is 5.12. The van der Waals surface area contributed by atoms with E-state index in [9.17, 15) is 4.39 Å². The lowest BCUT2D eigenvalue weighted by molar-refractivity contribution is 0.181. The van der Waals surface area contributed by atoms with E-state index in [1.807, 2.05) is 19.9 Å². The molecule has 0 aromatic rings. The van der Waals surface area contributed by atoms with Gasteiger partial charge < -0.3 is 0 Å². The number of rotatable bonds is 1. The molecule has 70 valence electrons. The highest BCUT2D eigenvalue weighted by Gasteiger charge is 2.35. The van der Waals surface area contributed by atoms with Gasteiger partial charge in [0.05, 0.1) is 0 Å². The molecule has 1 rings (SSSR count). The van der Waals surface area contributed by atoms with Gasteiger partial charge in [0.15, 0.2) is 0 Å². The highest BCUT2D eigenvalue weighted by Crippen LogP contribution is 2.44. The van der Waals surface area contributed by atoms with Gasteiger partial charge in [0.1, 0.15) is 5.83 Å². The number of allylic oxidation sites excluding steroid dienone is 2. The van der Waals surface area contributed by atoms with Crippen molar-refractivity contribution < 1.29 is 4.39 Å². The average Bonchev–Trinajstić information content (AvgIpc) is 2.00. The third-order valence-corrected chi connectivity index (χ3v) is 3.41. The van der Waals surface area contributed by atoms with Gasteiger partial charge in [-0.2, -0.15) is 0 Å². The maximum absolute atomic E-state index is 13.5. The van der Waals surface area contributed by atoms with Crippen LogP contribution in [0.4, 0.5) is 4.39 Å². The molecule has 0 radical (unpaired) electrons. The number of halogens is 1. The fourth-order valence-electron chi connectivity index (χ4n) is 1.76. The van der Waals surface area contributed by atoms with Crippen molar-refractivity contribution in [2.24, 2.45) is 17.3 Å². The topological polar surface area (TPSA) is 0 Å². The average molecular weight is 170 g/mol. The first-order valence-electron chi connectivity index (χ1n) is 4.86. The molecule has 2 unspecified atom stereocenters. The van der Waals surface area contributed by atoms with Gasteiger partial charge in [-0.25, -0.2) is 4.39 Å². The van der Waals surface area contributed by atoms with Crippen LogP contribution >= 0.6 is 0 Å². The van der Waals surface area contributed by atoms with Crippen molar-refractivity contribution in [3.05, 3.63) is 11.9 Å². The molecule has 0 nitrogen and oxygen atoms in total. The van der Waals surface area contributed by atoms with Gasteiger partial charge in [-0.3, -0.25) is 0 Å². The molecule has 0 heterocycles. The zero-order valence-electron chi connectivity index (χ0n) is 8.52. The molecule has 0 amide bonds. The zero-order chi connectivity index (χ0) is 9.35. The molecule has 0 saturated carbocycles. The Balaban J connectivity index is 2.85. The summed E-state index contributed by atoms with van der Waals surface area (Å²) < 4.78 is 13.5. The van der Waals surface area contributed by atoms with Gasteiger partial charge in [0, 0.05) is 5.41 Å². The summed E-state index contributed by atoms with van der Waals surface area (Å²) in [5, 5.41) is 0. The number of hydrogen-bond acceptors (Lipinski definition) is 0. The van der Waals surface area contributed by atoms with E-state index in [0.29, 0.717) is 11.8 Å². The van der Waals surface area contributed by atoms with E-state index in [0.717, 1.165) is 12.8 Å². The Morgan fingerprint density at radius 1 is 1.58 bits per heavy atom. The summed E-state index contributed by atoms with van der Waals surface area (Å²) in [7, 11) is 0. The molecule has 0 bridgehead atoms. The van der Waals surface area contributed by atoms with Gasteiger partial charge in [0.25, 0.3) is 0 Å². The van der Waals surface area contributed by atoms with Crippen LogP contribution in [0.5, 0.6) is 0 Å². The Morgan fingerprint density at radius 2 is 2.17 bits per heavy atom. The monoisotopic (exact) mass is 170 g/mol. The molecule has 0 fully saturated rings. The van der Waals surface area contributed by atoms with Crippen LogP contribution in [0.2, 0.25) is 0 Å². The smallest absolute Gasteiger partial charge is 0.102 e. The second-order valence-corrected chi connectivity index (χ2v) is 4.54. The van der Waals surface area contributed by atoms with Crippen LogP contribution in [-0.4, -0.2) is 0 Å². The molecular formula is C11H19F. The Hall–Kier alpha value is -0.330. The van der Waals surface area contributed by atoms with Crippen molar-refractivity contribution in [3.63, 3.8) is 0 Å². The van der Waals surface area contributed by atoms with Crippen molar-refractivity contribution in [1.82, 2.24) is 0 Å². The van der Waals surface area contributed by atoms with Crippen LogP contribution in [0, 0.1) is 17.3 Å². The fraction of sp³-hybridized carbons (Fsp3) is 0.818. The second kappa shape index (κ2) is 3.20. The molecule has 1 aliphatic carbocycles. The van der Waals surface area contributed by atoms with Crippen LogP contribution in [0.3, 0.4) is 0 Å². The largest absolute Gasteiger partial charge is 0.212 e. The van der Waals surface area contributed by atoms with Gasteiger partial charge >= 0.3 is 0 Å². The van der Waals surface area contributed by atoms with Crippen molar-refractivity contribution >= 4 is 0 Å².